The van der Waals surface area contributed by atoms with Crippen molar-refractivity contribution in [1.82, 2.24) is 10.2 Å². The number of piperidine rings is 1. The summed E-state index contributed by atoms with van der Waals surface area (Å²) in [6.07, 6.45) is 6.10. The Labute approximate surface area is 207 Å². The van der Waals surface area contributed by atoms with Crippen LogP contribution in [0.4, 0.5) is 11.4 Å². The number of likely N-dealkylation sites (tertiary alicyclic amines) is 1. The summed E-state index contributed by atoms with van der Waals surface area (Å²) in [6, 6.07) is 6.44. The van der Waals surface area contributed by atoms with E-state index in [9.17, 15) is 10.1 Å². The molecule has 0 bridgehead atoms. The van der Waals surface area contributed by atoms with Gasteiger partial charge in [0.2, 0.25) is 0 Å². The molecule has 2 saturated heterocycles. The van der Waals surface area contributed by atoms with E-state index in [1.54, 1.807) is 12.1 Å². The molecule has 0 aliphatic carbocycles. The Bertz CT molecular complexity index is 705. The van der Waals surface area contributed by atoms with Gasteiger partial charge in [-0.3, -0.25) is 15.1 Å². The molecule has 1 aromatic carbocycles. The molecule has 2 N–H and O–H groups in total. The first-order chi connectivity index (χ1) is 15.2. The van der Waals surface area contributed by atoms with Crippen LogP contribution in [0.5, 0.6) is 0 Å². The largest absolute Gasteiger partial charge is 0.383 e. The predicted octanol–water partition coefficient (Wildman–Crippen LogP) is 3.64. The Balaban J connectivity index is 0.00000363. The van der Waals surface area contributed by atoms with Crippen LogP contribution in [0, 0.1) is 10.1 Å². The van der Waals surface area contributed by atoms with Crippen molar-refractivity contribution in [3.8, 4) is 0 Å². The van der Waals surface area contributed by atoms with Gasteiger partial charge in [-0.2, -0.15) is 0 Å². The quantitative estimate of drug-likeness (QED) is 0.119. The lowest BCUT2D eigenvalue weighted by Gasteiger charge is -2.35. The molecule has 1 atom stereocenters. The highest BCUT2D eigenvalue weighted by molar-refractivity contribution is 14.0. The fourth-order valence-electron chi connectivity index (χ4n) is 3.91. The van der Waals surface area contributed by atoms with E-state index in [0.717, 1.165) is 57.2 Å². The Morgan fingerprint density at radius 1 is 1.25 bits per heavy atom. The minimum atomic E-state index is -0.394. The van der Waals surface area contributed by atoms with E-state index in [-0.39, 0.29) is 35.8 Å². The number of non-ortho nitro benzene ring substituents is 1. The highest BCUT2D eigenvalue weighted by Crippen LogP contribution is 2.18. The molecule has 2 fully saturated rings. The average molecular weight is 561 g/mol. The molecule has 1 unspecified atom stereocenters. The van der Waals surface area contributed by atoms with Crippen molar-refractivity contribution in [2.24, 2.45) is 4.99 Å². The fraction of sp³-hybridized carbons (Fsp3) is 0.682. The van der Waals surface area contributed by atoms with Gasteiger partial charge < -0.3 is 25.0 Å². The van der Waals surface area contributed by atoms with E-state index in [0.29, 0.717) is 25.8 Å². The summed E-state index contributed by atoms with van der Waals surface area (Å²) in [5, 5.41) is 17.4. The van der Waals surface area contributed by atoms with Gasteiger partial charge in [0, 0.05) is 50.6 Å². The molecule has 32 heavy (non-hydrogen) atoms. The van der Waals surface area contributed by atoms with Gasteiger partial charge in [0.05, 0.1) is 30.3 Å². The van der Waals surface area contributed by atoms with E-state index in [1.807, 2.05) is 0 Å². The molecular formula is C22H36IN5O4. The molecule has 1 aromatic rings. The molecule has 9 nitrogen and oxygen atoms in total. The van der Waals surface area contributed by atoms with Gasteiger partial charge in [0.1, 0.15) is 0 Å². The summed E-state index contributed by atoms with van der Waals surface area (Å²) in [5.74, 6) is 0.932. The minimum Gasteiger partial charge on any atom is -0.383 e. The molecule has 0 saturated carbocycles. The molecule has 2 aliphatic heterocycles. The number of aliphatic imine (C=N–C) groups is 1. The van der Waals surface area contributed by atoms with Crippen LogP contribution in [-0.2, 0) is 9.47 Å². The first-order valence-electron chi connectivity index (χ1n) is 11.4. The number of rotatable bonds is 9. The van der Waals surface area contributed by atoms with Crippen LogP contribution in [0.1, 0.15) is 39.0 Å². The van der Waals surface area contributed by atoms with Crippen LogP contribution in [0.25, 0.3) is 0 Å². The van der Waals surface area contributed by atoms with Crippen molar-refractivity contribution < 1.29 is 14.4 Å². The summed E-state index contributed by atoms with van der Waals surface area (Å²) in [7, 11) is 0. The first-order valence-corrected chi connectivity index (χ1v) is 11.4. The van der Waals surface area contributed by atoms with Gasteiger partial charge in [-0.05, 0) is 51.2 Å². The van der Waals surface area contributed by atoms with Gasteiger partial charge in [-0.1, -0.05) is 0 Å². The monoisotopic (exact) mass is 561 g/mol. The Hall–Kier alpha value is -1.66. The maximum atomic E-state index is 10.7. The molecular weight excluding hydrogens is 525 g/mol. The summed E-state index contributed by atoms with van der Waals surface area (Å²) in [5.41, 5.74) is 0.947. The van der Waals surface area contributed by atoms with Crippen molar-refractivity contribution in [2.75, 3.05) is 51.3 Å². The predicted molar refractivity (Wildman–Crippen MR) is 137 cm³/mol. The van der Waals surface area contributed by atoms with E-state index >= 15 is 0 Å². The number of ether oxygens (including phenoxy) is 2. The van der Waals surface area contributed by atoms with Crippen LogP contribution in [-0.4, -0.2) is 73.9 Å². The second-order valence-electron chi connectivity index (χ2n) is 7.97. The van der Waals surface area contributed by atoms with Crippen LogP contribution >= 0.6 is 24.0 Å². The van der Waals surface area contributed by atoms with Gasteiger partial charge >= 0.3 is 0 Å². The van der Waals surface area contributed by atoms with Gasteiger partial charge in [0.25, 0.3) is 5.69 Å². The Kier molecular flexibility index (Phi) is 12.0. The number of guanidine groups is 1. The number of hydrogen-bond donors (Lipinski definition) is 2. The number of halogens is 1. The Morgan fingerprint density at radius 2 is 2.00 bits per heavy atom. The molecule has 0 spiro atoms. The normalized spacial score (nSPS) is 19.8. The summed E-state index contributed by atoms with van der Waals surface area (Å²) in [4.78, 5) is 17.4. The SMILES string of the molecule is CCNC(=NCCNc1ccc([N+](=O)[O-])cc1)N1CCC(OCC2CCCCO2)CC1.I. The highest BCUT2D eigenvalue weighted by atomic mass is 127. The third kappa shape index (κ3) is 8.70. The summed E-state index contributed by atoms with van der Waals surface area (Å²) < 4.78 is 11.9. The zero-order chi connectivity index (χ0) is 21.9. The number of anilines is 1. The maximum absolute atomic E-state index is 10.7. The molecule has 2 aliphatic rings. The molecule has 2 heterocycles. The van der Waals surface area contributed by atoms with E-state index in [1.165, 1.54) is 25.0 Å². The molecule has 180 valence electrons. The van der Waals surface area contributed by atoms with Crippen molar-refractivity contribution in [3.05, 3.63) is 34.4 Å². The van der Waals surface area contributed by atoms with Gasteiger partial charge in [-0.15, -0.1) is 24.0 Å². The second kappa shape index (κ2) is 14.5. The van der Waals surface area contributed by atoms with E-state index in [4.69, 9.17) is 14.5 Å². The lowest BCUT2D eigenvalue weighted by molar-refractivity contribution is -0.384. The van der Waals surface area contributed by atoms with Gasteiger partial charge in [0.15, 0.2) is 5.96 Å². The zero-order valence-corrected chi connectivity index (χ0v) is 21.2. The van der Waals surface area contributed by atoms with Crippen molar-refractivity contribution in [1.29, 1.82) is 0 Å². The standard InChI is InChI=1S/C22H35N5O4.HI/c1-2-23-22(25-13-12-24-18-6-8-19(9-7-18)27(28)29)26-14-10-20(11-15-26)31-17-21-5-3-4-16-30-21;/h6-9,20-21,24H,2-5,10-17H2,1H3,(H,23,25);1H. The topological polar surface area (TPSA) is 101 Å². The number of nitrogens with one attached hydrogen (secondary N) is 2. The number of benzene rings is 1. The molecule has 0 radical (unpaired) electrons. The summed E-state index contributed by atoms with van der Waals surface area (Å²) >= 11 is 0. The lowest BCUT2D eigenvalue weighted by atomic mass is 10.1. The molecule has 0 amide bonds. The number of hydrogen-bond acceptors (Lipinski definition) is 6. The number of nitro groups is 1. The van der Waals surface area contributed by atoms with Crippen LogP contribution in [0.2, 0.25) is 0 Å². The molecule has 10 heteroatoms. The third-order valence-electron chi connectivity index (χ3n) is 5.65. The average Bonchev–Trinajstić information content (AvgIpc) is 2.81. The van der Waals surface area contributed by atoms with Crippen molar-refractivity contribution in [2.45, 2.75) is 51.2 Å². The maximum Gasteiger partial charge on any atom is 0.269 e. The minimum absolute atomic E-state index is 0. The fourth-order valence-corrected chi connectivity index (χ4v) is 3.91. The van der Waals surface area contributed by atoms with E-state index < -0.39 is 4.92 Å². The van der Waals surface area contributed by atoms with Crippen LogP contribution < -0.4 is 10.6 Å². The third-order valence-corrected chi connectivity index (χ3v) is 5.65. The summed E-state index contributed by atoms with van der Waals surface area (Å²) in [6.45, 7) is 7.62. The van der Waals surface area contributed by atoms with E-state index in [2.05, 4.69) is 22.5 Å². The highest BCUT2D eigenvalue weighted by Gasteiger charge is 2.23. The smallest absolute Gasteiger partial charge is 0.269 e. The van der Waals surface area contributed by atoms with Crippen LogP contribution in [0.3, 0.4) is 0 Å². The van der Waals surface area contributed by atoms with Crippen LogP contribution in [0.15, 0.2) is 29.3 Å². The first kappa shape index (κ1) is 26.6. The molecule has 0 aromatic heterocycles. The zero-order valence-electron chi connectivity index (χ0n) is 18.8. The van der Waals surface area contributed by atoms with Crippen molar-refractivity contribution in [3.63, 3.8) is 0 Å². The lowest BCUT2D eigenvalue weighted by Crippen LogP contribution is -2.47. The second-order valence-corrected chi connectivity index (χ2v) is 7.97. The number of nitrogens with zero attached hydrogens (tertiary/aromatic N) is 3. The van der Waals surface area contributed by atoms with Gasteiger partial charge in [-0.25, -0.2) is 0 Å². The Morgan fingerprint density at radius 3 is 2.62 bits per heavy atom. The van der Waals surface area contributed by atoms with Crippen molar-refractivity contribution >= 4 is 41.3 Å². The molecule has 3 rings (SSSR count). The number of nitro benzene ring substituents is 1.